The van der Waals surface area contributed by atoms with Gasteiger partial charge >= 0.3 is 0 Å². The van der Waals surface area contributed by atoms with Crippen LogP contribution >= 0.6 is 0 Å². The largest absolute Gasteiger partial charge is 0.494 e. The first-order valence-corrected chi connectivity index (χ1v) is 11.8. The highest BCUT2D eigenvalue weighted by Crippen LogP contribution is 2.35. The summed E-state index contributed by atoms with van der Waals surface area (Å²) in [5, 5.41) is 8.97. The Labute approximate surface area is 200 Å². The lowest BCUT2D eigenvalue weighted by Crippen LogP contribution is -2.07. The fraction of sp³-hybridized carbons (Fsp3) is 0.357. The molecule has 3 aromatic rings. The molecular weight excluding hydrogens is 432 g/mol. The zero-order valence-electron chi connectivity index (χ0n) is 19.1. The van der Waals surface area contributed by atoms with Gasteiger partial charge in [-0.3, -0.25) is 0 Å². The lowest BCUT2D eigenvalue weighted by molar-refractivity contribution is 0.233. The van der Waals surface area contributed by atoms with E-state index in [9.17, 15) is 0 Å². The quantitative estimate of drug-likeness (QED) is 0.233. The van der Waals surface area contributed by atoms with Crippen LogP contribution in [0.3, 0.4) is 0 Å². The topological polar surface area (TPSA) is 73.0 Å². The summed E-state index contributed by atoms with van der Waals surface area (Å²) in [7, 11) is 0. The van der Waals surface area contributed by atoms with Crippen LogP contribution in [0.2, 0.25) is 0 Å². The molecule has 34 heavy (non-hydrogen) atoms. The predicted octanol–water partition coefficient (Wildman–Crippen LogP) is 4.18. The minimum Gasteiger partial charge on any atom is -0.494 e. The molecule has 2 aliphatic heterocycles. The number of rotatable bonds is 13. The molecule has 0 radical (unpaired) electrons. The average Bonchev–Trinajstić information content (AvgIpc) is 3.80. The second-order valence-corrected chi connectivity index (χ2v) is 8.60. The number of hydrogen-bond donors (Lipinski definition) is 1. The van der Waals surface area contributed by atoms with Crippen LogP contribution in [0.1, 0.15) is 29.0 Å². The van der Waals surface area contributed by atoms with E-state index >= 15 is 0 Å². The van der Waals surface area contributed by atoms with E-state index in [0.29, 0.717) is 26.2 Å². The fourth-order valence-corrected chi connectivity index (χ4v) is 3.81. The van der Waals surface area contributed by atoms with Crippen molar-refractivity contribution < 1.29 is 28.8 Å². The van der Waals surface area contributed by atoms with Gasteiger partial charge < -0.3 is 28.8 Å². The third kappa shape index (κ3) is 6.29. The first-order valence-electron chi connectivity index (χ1n) is 11.8. The maximum atomic E-state index is 8.97. The van der Waals surface area contributed by atoms with Gasteiger partial charge in [-0.25, -0.2) is 0 Å². The van der Waals surface area contributed by atoms with Crippen molar-refractivity contribution in [3.05, 3.63) is 89.5 Å². The molecule has 2 unspecified atom stereocenters. The molecule has 2 fully saturated rings. The number of epoxide rings is 2. The van der Waals surface area contributed by atoms with E-state index in [0.717, 1.165) is 36.0 Å². The average molecular weight is 463 g/mol. The Bertz CT molecular complexity index is 965. The van der Waals surface area contributed by atoms with Gasteiger partial charge in [0.15, 0.2) is 0 Å². The van der Waals surface area contributed by atoms with Crippen molar-refractivity contribution in [3.63, 3.8) is 0 Å². The Hall–Kier alpha value is -3.06. The SMILES string of the molecule is OCCCOc1ccc(C(c2ccc(OCC3CO3)cc2)c2ccc(OCC3CO3)cc2)cc1. The van der Waals surface area contributed by atoms with Crippen LogP contribution in [-0.2, 0) is 9.47 Å². The Morgan fingerprint density at radius 3 is 1.38 bits per heavy atom. The van der Waals surface area contributed by atoms with E-state index in [1.165, 1.54) is 11.1 Å². The van der Waals surface area contributed by atoms with E-state index < -0.39 is 0 Å². The second-order valence-electron chi connectivity index (χ2n) is 8.60. The summed E-state index contributed by atoms with van der Waals surface area (Å²) in [5.74, 6) is 2.54. The molecule has 0 spiro atoms. The lowest BCUT2D eigenvalue weighted by Gasteiger charge is -2.20. The molecule has 2 atom stereocenters. The number of ether oxygens (including phenoxy) is 5. The number of aliphatic hydroxyl groups excluding tert-OH is 1. The summed E-state index contributed by atoms with van der Waals surface area (Å²) >= 11 is 0. The second kappa shape index (κ2) is 10.9. The molecule has 178 valence electrons. The zero-order valence-corrected chi connectivity index (χ0v) is 19.1. The van der Waals surface area contributed by atoms with Crippen LogP contribution in [0.5, 0.6) is 17.2 Å². The van der Waals surface area contributed by atoms with Gasteiger partial charge in [0, 0.05) is 18.9 Å². The third-order valence-electron chi connectivity index (χ3n) is 5.89. The van der Waals surface area contributed by atoms with Gasteiger partial charge in [-0.15, -0.1) is 0 Å². The van der Waals surface area contributed by atoms with Crippen LogP contribution in [0, 0.1) is 0 Å². The molecule has 2 aliphatic rings. The normalized spacial score (nSPS) is 19.3. The summed E-state index contributed by atoms with van der Waals surface area (Å²) < 4.78 is 27.8. The first kappa shape index (κ1) is 22.7. The highest BCUT2D eigenvalue weighted by Gasteiger charge is 2.24. The Morgan fingerprint density at radius 2 is 1.03 bits per heavy atom. The molecule has 0 aromatic heterocycles. The van der Waals surface area contributed by atoms with Gasteiger partial charge in [-0.1, -0.05) is 36.4 Å². The fourth-order valence-electron chi connectivity index (χ4n) is 3.81. The highest BCUT2D eigenvalue weighted by atomic mass is 16.6. The Morgan fingerprint density at radius 1 is 0.647 bits per heavy atom. The first-order chi connectivity index (χ1) is 16.8. The van der Waals surface area contributed by atoms with E-state index in [4.69, 9.17) is 28.8 Å². The standard InChI is InChI=1S/C28H30O6/c29-14-1-15-30-23-8-2-20(3-9-23)28(21-4-10-24(11-5-21)31-16-26-18-33-26)22-6-12-25(13-7-22)32-17-27-19-34-27/h2-13,26-29H,1,14-19H2. The van der Waals surface area contributed by atoms with Crippen molar-refractivity contribution in [3.8, 4) is 17.2 Å². The van der Waals surface area contributed by atoms with Crippen molar-refractivity contribution in [2.24, 2.45) is 0 Å². The summed E-state index contributed by atoms with van der Waals surface area (Å²) in [6.45, 7) is 3.38. The summed E-state index contributed by atoms with van der Waals surface area (Å²) in [4.78, 5) is 0. The van der Waals surface area contributed by atoms with Crippen molar-refractivity contribution in [2.75, 3.05) is 39.6 Å². The third-order valence-corrected chi connectivity index (χ3v) is 5.89. The van der Waals surface area contributed by atoms with Gasteiger partial charge in [0.05, 0.1) is 19.8 Å². The molecule has 2 heterocycles. The molecule has 0 bridgehead atoms. The van der Waals surface area contributed by atoms with Crippen LogP contribution in [-0.4, -0.2) is 57.0 Å². The summed E-state index contributed by atoms with van der Waals surface area (Å²) in [6, 6.07) is 24.7. The molecule has 1 N–H and O–H groups in total. The molecule has 2 saturated heterocycles. The summed E-state index contributed by atoms with van der Waals surface area (Å²) in [5.41, 5.74) is 3.50. The van der Waals surface area contributed by atoms with Crippen molar-refractivity contribution in [2.45, 2.75) is 24.5 Å². The predicted molar refractivity (Wildman–Crippen MR) is 128 cm³/mol. The molecule has 3 aromatic carbocycles. The van der Waals surface area contributed by atoms with E-state index in [1.54, 1.807) is 0 Å². The van der Waals surface area contributed by atoms with E-state index in [2.05, 4.69) is 36.4 Å². The Balaban J connectivity index is 1.35. The minimum atomic E-state index is 0.0492. The van der Waals surface area contributed by atoms with E-state index in [1.807, 2.05) is 36.4 Å². The summed E-state index contributed by atoms with van der Waals surface area (Å²) in [6.07, 6.45) is 1.09. The van der Waals surface area contributed by atoms with Gasteiger partial charge in [0.1, 0.15) is 42.7 Å². The van der Waals surface area contributed by atoms with Crippen LogP contribution in [0.25, 0.3) is 0 Å². The molecular formula is C28H30O6. The zero-order chi connectivity index (χ0) is 23.2. The van der Waals surface area contributed by atoms with Crippen LogP contribution < -0.4 is 14.2 Å². The highest BCUT2D eigenvalue weighted by molar-refractivity contribution is 5.46. The van der Waals surface area contributed by atoms with Crippen molar-refractivity contribution in [1.29, 1.82) is 0 Å². The van der Waals surface area contributed by atoms with Gasteiger partial charge in [-0.2, -0.15) is 0 Å². The van der Waals surface area contributed by atoms with Crippen LogP contribution in [0.4, 0.5) is 0 Å². The lowest BCUT2D eigenvalue weighted by atomic mass is 9.85. The molecule has 0 aliphatic carbocycles. The monoisotopic (exact) mass is 462 g/mol. The molecule has 6 heteroatoms. The smallest absolute Gasteiger partial charge is 0.119 e. The van der Waals surface area contributed by atoms with E-state index in [-0.39, 0.29) is 24.7 Å². The van der Waals surface area contributed by atoms with Crippen LogP contribution in [0.15, 0.2) is 72.8 Å². The minimum absolute atomic E-state index is 0.0492. The van der Waals surface area contributed by atoms with Crippen molar-refractivity contribution in [1.82, 2.24) is 0 Å². The maximum absolute atomic E-state index is 8.97. The maximum Gasteiger partial charge on any atom is 0.119 e. The van der Waals surface area contributed by atoms with Gasteiger partial charge in [-0.05, 0) is 53.1 Å². The number of benzene rings is 3. The van der Waals surface area contributed by atoms with Gasteiger partial charge in [0.25, 0.3) is 0 Å². The van der Waals surface area contributed by atoms with Crippen molar-refractivity contribution >= 4 is 0 Å². The molecule has 5 rings (SSSR count). The number of hydrogen-bond acceptors (Lipinski definition) is 6. The number of aliphatic hydroxyl groups is 1. The molecule has 0 saturated carbocycles. The molecule has 0 amide bonds. The van der Waals surface area contributed by atoms with Gasteiger partial charge in [0.2, 0.25) is 0 Å². The molecule has 6 nitrogen and oxygen atoms in total. The Kier molecular flexibility index (Phi) is 7.29.